The lowest BCUT2D eigenvalue weighted by atomic mass is 10.1. The summed E-state index contributed by atoms with van der Waals surface area (Å²) in [6, 6.07) is 6.96. The van der Waals surface area contributed by atoms with Crippen LogP contribution in [-0.4, -0.2) is 12.2 Å². The summed E-state index contributed by atoms with van der Waals surface area (Å²) in [5.41, 5.74) is 0.831. The van der Waals surface area contributed by atoms with Gasteiger partial charge in [-0.2, -0.15) is 0 Å². The van der Waals surface area contributed by atoms with E-state index >= 15 is 0 Å². The Kier molecular flexibility index (Phi) is 4.08. The third-order valence-electron chi connectivity index (χ3n) is 3.00. The number of rotatable bonds is 4. The number of phenolic OH excluding ortho intramolecular Hbond substituents is 1. The lowest BCUT2D eigenvalue weighted by Gasteiger charge is -2.11. The van der Waals surface area contributed by atoms with Crippen LogP contribution in [0, 0.1) is 18.6 Å². The average molecular weight is 279 g/mol. The van der Waals surface area contributed by atoms with Crippen LogP contribution in [0.4, 0.5) is 14.5 Å². The third kappa shape index (κ3) is 2.99. The van der Waals surface area contributed by atoms with E-state index in [0.717, 1.165) is 12.1 Å². The Hall–Kier alpha value is -2.30. The highest BCUT2D eigenvalue weighted by Gasteiger charge is 2.09. The smallest absolute Gasteiger partial charge is 0.146 e. The number of methoxy groups -OCH3 is 1. The zero-order chi connectivity index (χ0) is 14.7. The highest BCUT2D eigenvalue weighted by molar-refractivity contribution is 5.49. The normalized spacial score (nSPS) is 10.4. The number of hydrogen-bond acceptors (Lipinski definition) is 3. The van der Waals surface area contributed by atoms with E-state index in [9.17, 15) is 13.9 Å². The summed E-state index contributed by atoms with van der Waals surface area (Å²) in [5.74, 6) is -0.378. The second-order valence-electron chi connectivity index (χ2n) is 4.43. The molecule has 106 valence electrons. The minimum Gasteiger partial charge on any atom is -0.508 e. The monoisotopic (exact) mass is 279 g/mol. The van der Waals surface area contributed by atoms with Crippen molar-refractivity contribution < 1.29 is 18.6 Å². The Bertz CT molecular complexity index is 630. The van der Waals surface area contributed by atoms with E-state index in [1.54, 1.807) is 12.1 Å². The first kappa shape index (κ1) is 14.1. The first-order valence-electron chi connectivity index (χ1n) is 6.06. The molecule has 0 spiro atoms. The van der Waals surface area contributed by atoms with Crippen LogP contribution in [0.5, 0.6) is 11.5 Å². The highest BCUT2D eigenvalue weighted by atomic mass is 19.1. The Morgan fingerprint density at radius 1 is 1.15 bits per heavy atom. The van der Waals surface area contributed by atoms with Crippen LogP contribution in [0.25, 0.3) is 0 Å². The van der Waals surface area contributed by atoms with Gasteiger partial charge in [0, 0.05) is 18.2 Å². The quantitative estimate of drug-likeness (QED) is 0.898. The van der Waals surface area contributed by atoms with Gasteiger partial charge >= 0.3 is 0 Å². The molecule has 0 saturated heterocycles. The molecule has 0 bridgehead atoms. The lowest BCUT2D eigenvalue weighted by molar-refractivity contribution is 0.411. The van der Waals surface area contributed by atoms with Gasteiger partial charge in [-0.1, -0.05) is 0 Å². The Labute approximate surface area is 115 Å². The fourth-order valence-corrected chi connectivity index (χ4v) is 1.80. The van der Waals surface area contributed by atoms with Crippen LogP contribution in [-0.2, 0) is 6.54 Å². The van der Waals surface area contributed by atoms with Crippen LogP contribution in [0.3, 0.4) is 0 Å². The molecule has 0 aliphatic carbocycles. The maximum atomic E-state index is 13.7. The fourth-order valence-electron chi connectivity index (χ4n) is 1.80. The number of nitrogens with one attached hydrogen (secondary N) is 1. The maximum Gasteiger partial charge on any atom is 0.146 e. The molecule has 2 rings (SSSR count). The van der Waals surface area contributed by atoms with Crippen LogP contribution in [0.15, 0.2) is 30.3 Å². The second kappa shape index (κ2) is 5.77. The molecule has 2 aromatic rings. The van der Waals surface area contributed by atoms with E-state index in [-0.39, 0.29) is 23.5 Å². The van der Waals surface area contributed by atoms with Crippen molar-refractivity contribution in [1.82, 2.24) is 0 Å². The summed E-state index contributed by atoms with van der Waals surface area (Å²) in [5, 5.41) is 12.5. The molecule has 0 radical (unpaired) electrons. The van der Waals surface area contributed by atoms with Gasteiger partial charge in [0.25, 0.3) is 0 Å². The molecule has 2 N–H and O–H groups in total. The number of ether oxygens (including phenoxy) is 1. The Morgan fingerprint density at radius 2 is 1.90 bits per heavy atom. The highest BCUT2D eigenvalue weighted by Crippen LogP contribution is 2.25. The van der Waals surface area contributed by atoms with Crippen molar-refractivity contribution in [2.75, 3.05) is 12.4 Å². The van der Waals surface area contributed by atoms with Crippen molar-refractivity contribution in [1.29, 1.82) is 0 Å². The van der Waals surface area contributed by atoms with Crippen molar-refractivity contribution in [3.63, 3.8) is 0 Å². The van der Waals surface area contributed by atoms with Crippen molar-refractivity contribution in [2.24, 2.45) is 0 Å². The van der Waals surface area contributed by atoms with Crippen molar-refractivity contribution in [2.45, 2.75) is 13.5 Å². The van der Waals surface area contributed by atoms with Gasteiger partial charge in [-0.25, -0.2) is 8.78 Å². The van der Waals surface area contributed by atoms with Gasteiger partial charge in [0.1, 0.15) is 23.1 Å². The first-order valence-corrected chi connectivity index (χ1v) is 6.06. The molecule has 0 aromatic heterocycles. The van der Waals surface area contributed by atoms with Crippen LogP contribution in [0.1, 0.15) is 11.1 Å². The maximum absolute atomic E-state index is 13.7. The molecule has 20 heavy (non-hydrogen) atoms. The largest absolute Gasteiger partial charge is 0.508 e. The van der Waals surface area contributed by atoms with Crippen LogP contribution in [0.2, 0.25) is 0 Å². The molecule has 0 saturated carbocycles. The summed E-state index contributed by atoms with van der Waals surface area (Å²) < 4.78 is 32.1. The standard InChI is InChI=1S/C15H15F2NO2/c1-9-5-13(17)14(7-12(9)16)18-8-10-6-11(20-2)3-4-15(10)19/h3-7,18-19H,8H2,1-2H3. The number of anilines is 1. The minimum absolute atomic E-state index is 0.0512. The predicted octanol–water partition coefficient (Wildman–Crippen LogP) is 3.60. The van der Waals surface area contributed by atoms with Gasteiger partial charge in [-0.15, -0.1) is 0 Å². The van der Waals surface area contributed by atoms with Gasteiger partial charge in [0.2, 0.25) is 0 Å². The van der Waals surface area contributed by atoms with Gasteiger partial charge in [-0.3, -0.25) is 0 Å². The molecular weight excluding hydrogens is 264 g/mol. The third-order valence-corrected chi connectivity index (χ3v) is 3.00. The Balaban J connectivity index is 2.18. The van der Waals surface area contributed by atoms with E-state index in [2.05, 4.69) is 5.32 Å². The first-order chi connectivity index (χ1) is 9.51. The summed E-state index contributed by atoms with van der Waals surface area (Å²) in [7, 11) is 1.51. The number of halogens is 2. The summed E-state index contributed by atoms with van der Waals surface area (Å²) in [6.45, 7) is 1.65. The zero-order valence-corrected chi connectivity index (χ0v) is 11.2. The summed E-state index contributed by atoms with van der Waals surface area (Å²) in [6.07, 6.45) is 0. The van der Waals surface area contributed by atoms with Gasteiger partial charge in [0.15, 0.2) is 0 Å². The molecule has 0 aliphatic rings. The van der Waals surface area contributed by atoms with Gasteiger partial charge < -0.3 is 15.2 Å². The molecule has 0 fully saturated rings. The van der Waals surface area contributed by atoms with E-state index in [1.165, 1.54) is 20.1 Å². The van der Waals surface area contributed by atoms with Crippen LogP contribution >= 0.6 is 0 Å². The van der Waals surface area contributed by atoms with E-state index < -0.39 is 11.6 Å². The van der Waals surface area contributed by atoms with E-state index in [1.807, 2.05) is 0 Å². The van der Waals surface area contributed by atoms with Gasteiger partial charge in [0.05, 0.1) is 12.8 Å². The molecular formula is C15H15F2NO2. The molecule has 0 unspecified atom stereocenters. The molecule has 0 amide bonds. The molecule has 2 aromatic carbocycles. The van der Waals surface area contributed by atoms with Crippen molar-refractivity contribution in [3.8, 4) is 11.5 Å². The fraction of sp³-hybridized carbons (Fsp3) is 0.200. The van der Waals surface area contributed by atoms with Crippen molar-refractivity contribution in [3.05, 3.63) is 53.1 Å². The number of aromatic hydroxyl groups is 1. The lowest BCUT2D eigenvalue weighted by Crippen LogP contribution is -2.03. The minimum atomic E-state index is -0.536. The summed E-state index contributed by atoms with van der Waals surface area (Å²) >= 11 is 0. The number of aryl methyl sites for hydroxylation is 1. The average Bonchev–Trinajstić information content (AvgIpc) is 2.43. The molecule has 3 nitrogen and oxygen atoms in total. The number of benzene rings is 2. The second-order valence-corrected chi connectivity index (χ2v) is 4.43. The SMILES string of the molecule is COc1ccc(O)c(CNc2cc(F)c(C)cc2F)c1. The zero-order valence-electron chi connectivity index (χ0n) is 11.2. The summed E-state index contributed by atoms with van der Waals surface area (Å²) in [4.78, 5) is 0. The van der Waals surface area contributed by atoms with E-state index in [0.29, 0.717) is 11.3 Å². The van der Waals surface area contributed by atoms with Crippen LogP contribution < -0.4 is 10.1 Å². The number of phenols is 1. The van der Waals surface area contributed by atoms with Crippen molar-refractivity contribution >= 4 is 5.69 Å². The molecule has 0 heterocycles. The Morgan fingerprint density at radius 3 is 2.60 bits per heavy atom. The van der Waals surface area contributed by atoms with E-state index in [4.69, 9.17) is 4.74 Å². The predicted molar refractivity (Wildman–Crippen MR) is 73.1 cm³/mol. The molecule has 5 heteroatoms. The number of hydrogen-bond donors (Lipinski definition) is 2. The topological polar surface area (TPSA) is 41.5 Å². The van der Waals surface area contributed by atoms with Gasteiger partial charge in [-0.05, 0) is 36.8 Å². The molecule has 0 aliphatic heterocycles. The molecule has 0 atom stereocenters.